The third kappa shape index (κ3) is 3.84. The molecule has 0 spiro atoms. The smallest absolute Gasteiger partial charge is 0.325 e. The van der Waals surface area contributed by atoms with Crippen molar-refractivity contribution in [2.24, 2.45) is 0 Å². The van der Waals surface area contributed by atoms with E-state index in [1.165, 1.54) is 4.68 Å². The summed E-state index contributed by atoms with van der Waals surface area (Å²) in [6.07, 6.45) is 1.08. The first-order chi connectivity index (χ1) is 12.9. The van der Waals surface area contributed by atoms with Crippen LogP contribution in [-0.2, 0) is 29.1 Å². The lowest BCUT2D eigenvalue weighted by Crippen LogP contribution is -2.17. The molecular formula is C19H23N5O3. The van der Waals surface area contributed by atoms with E-state index >= 15 is 0 Å². The number of carboxylic acids is 1. The van der Waals surface area contributed by atoms with Gasteiger partial charge >= 0.3 is 5.97 Å². The van der Waals surface area contributed by atoms with Gasteiger partial charge in [-0.3, -0.25) is 14.3 Å². The predicted octanol–water partition coefficient (Wildman–Crippen LogP) is 2.53. The van der Waals surface area contributed by atoms with Gasteiger partial charge in [0.2, 0.25) is 5.91 Å². The third-order valence-electron chi connectivity index (χ3n) is 4.54. The molecule has 1 amide bonds. The van der Waals surface area contributed by atoms with Gasteiger partial charge in [0.15, 0.2) is 0 Å². The summed E-state index contributed by atoms with van der Waals surface area (Å²) in [6.45, 7) is 5.83. The molecule has 0 atom stereocenters. The topological polar surface area (TPSA) is 102 Å². The van der Waals surface area contributed by atoms with Crippen molar-refractivity contribution in [2.75, 3.05) is 5.32 Å². The maximum atomic E-state index is 12.5. The third-order valence-corrected chi connectivity index (χ3v) is 4.54. The van der Waals surface area contributed by atoms with Crippen LogP contribution < -0.4 is 5.32 Å². The highest BCUT2D eigenvalue weighted by Gasteiger charge is 2.16. The fraction of sp³-hybridized carbons (Fsp3) is 0.368. The number of carbonyl (C=O) groups excluding carboxylic acids is 1. The molecule has 8 heteroatoms. The molecule has 0 aliphatic heterocycles. The van der Waals surface area contributed by atoms with Gasteiger partial charge in [-0.15, -0.1) is 0 Å². The fourth-order valence-corrected chi connectivity index (χ4v) is 3.22. The van der Waals surface area contributed by atoms with Gasteiger partial charge in [-0.1, -0.05) is 19.1 Å². The lowest BCUT2D eigenvalue weighted by Gasteiger charge is -2.09. The van der Waals surface area contributed by atoms with E-state index in [2.05, 4.69) is 20.0 Å². The molecule has 0 aliphatic carbocycles. The van der Waals surface area contributed by atoms with E-state index in [4.69, 9.17) is 5.11 Å². The second kappa shape index (κ2) is 7.61. The number of fused-ring (bicyclic) bond motifs is 1. The number of para-hydroxylation sites is 2. The minimum absolute atomic E-state index is 0.143. The summed E-state index contributed by atoms with van der Waals surface area (Å²) in [6, 6.07) is 7.88. The minimum atomic E-state index is -0.974. The lowest BCUT2D eigenvalue weighted by molar-refractivity contribution is -0.137. The van der Waals surface area contributed by atoms with Gasteiger partial charge in [0.05, 0.1) is 28.1 Å². The van der Waals surface area contributed by atoms with Gasteiger partial charge in [-0.2, -0.15) is 5.10 Å². The summed E-state index contributed by atoms with van der Waals surface area (Å²) in [4.78, 5) is 28.0. The monoisotopic (exact) mass is 369 g/mol. The van der Waals surface area contributed by atoms with Crippen LogP contribution in [0.1, 0.15) is 30.6 Å². The number of carbonyl (C=O) groups is 2. The lowest BCUT2D eigenvalue weighted by atomic mass is 10.2. The van der Waals surface area contributed by atoms with Gasteiger partial charge < -0.3 is 15.0 Å². The number of amides is 1. The van der Waals surface area contributed by atoms with E-state index in [9.17, 15) is 9.59 Å². The van der Waals surface area contributed by atoms with Gasteiger partial charge in [0.25, 0.3) is 0 Å². The number of aryl methyl sites for hydroxylation is 3. The van der Waals surface area contributed by atoms with Gasteiger partial charge in [0, 0.05) is 19.4 Å². The molecule has 142 valence electrons. The first-order valence-electron chi connectivity index (χ1n) is 8.90. The van der Waals surface area contributed by atoms with E-state index < -0.39 is 5.97 Å². The van der Waals surface area contributed by atoms with Gasteiger partial charge in [-0.25, -0.2) is 4.98 Å². The zero-order valence-electron chi connectivity index (χ0n) is 15.7. The Morgan fingerprint density at radius 1 is 1.22 bits per heavy atom. The van der Waals surface area contributed by atoms with Crippen LogP contribution in [0.25, 0.3) is 11.0 Å². The molecule has 3 aromatic rings. The zero-order valence-corrected chi connectivity index (χ0v) is 15.7. The number of nitrogens with one attached hydrogen (secondary N) is 1. The van der Waals surface area contributed by atoms with Crippen molar-refractivity contribution < 1.29 is 14.7 Å². The SMILES string of the molecule is CCc1nc2ccccc2n1CCC(=O)Nc1c(C)nn(CC(=O)O)c1C. The molecule has 0 fully saturated rings. The molecule has 0 saturated carbocycles. The number of nitrogens with zero attached hydrogens (tertiary/aromatic N) is 4. The summed E-state index contributed by atoms with van der Waals surface area (Å²) < 4.78 is 3.45. The number of imidazole rings is 1. The zero-order chi connectivity index (χ0) is 19.6. The molecular weight excluding hydrogens is 346 g/mol. The van der Waals surface area contributed by atoms with Crippen molar-refractivity contribution in [1.82, 2.24) is 19.3 Å². The molecule has 0 bridgehead atoms. The van der Waals surface area contributed by atoms with Crippen LogP contribution in [0.2, 0.25) is 0 Å². The quantitative estimate of drug-likeness (QED) is 0.666. The Bertz CT molecular complexity index is 1000. The van der Waals surface area contributed by atoms with Crippen molar-refractivity contribution in [2.45, 2.75) is 46.7 Å². The van der Waals surface area contributed by atoms with E-state index in [-0.39, 0.29) is 18.9 Å². The van der Waals surface area contributed by atoms with Gasteiger partial charge in [0.1, 0.15) is 12.4 Å². The number of anilines is 1. The first-order valence-corrected chi connectivity index (χ1v) is 8.90. The number of hydrogen-bond acceptors (Lipinski definition) is 4. The Morgan fingerprint density at radius 2 is 1.96 bits per heavy atom. The maximum Gasteiger partial charge on any atom is 0.325 e. The van der Waals surface area contributed by atoms with Crippen LogP contribution in [0.4, 0.5) is 5.69 Å². The largest absolute Gasteiger partial charge is 0.480 e. The molecule has 0 unspecified atom stereocenters. The van der Waals surface area contributed by atoms with Crippen LogP contribution in [-0.4, -0.2) is 36.3 Å². The Hall–Kier alpha value is -3.16. The molecule has 2 N–H and O–H groups in total. The van der Waals surface area contributed by atoms with Crippen molar-refractivity contribution in [3.05, 3.63) is 41.5 Å². The number of aromatic nitrogens is 4. The van der Waals surface area contributed by atoms with Crippen LogP contribution in [0, 0.1) is 13.8 Å². The summed E-state index contributed by atoms with van der Waals surface area (Å²) in [5, 5.41) is 16.0. The summed E-state index contributed by atoms with van der Waals surface area (Å²) in [5.41, 5.74) is 3.75. The highest BCUT2D eigenvalue weighted by molar-refractivity contribution is 5.92. The normalized spacial score (nSPS) is 11.1. The van der Waals surface area contributed by atoms with Crippen LogP contribution in [0.5, 0.6) is 0 Å². The number of rotatable bonds is 7. The maximum absolute atomic E-state index is 12.5. The van der Waals surface area contributed by atoms with E-state index in [0.717, 1.165) is 23.3 Å². The standard InChI is InChI=1S/C19H23N5O3/c1-4-16-20-14-7-5-6-8-15(14)23(16)10-9-17(25)21-19-12(2)22-24(13(19)3)11-18(26)27/h5-8H,4,9-11H2,1-3H3,(H,21,25)(H,26,27). The predicted molar refractivity (Wildman–Crippen MR) is 102 cm³/mol. The Balaban J connectivity index is 1.73. The average Bonchev–Trinajstić information content (AvgIpc) is 3.11. The van der Waals surface area contributed by atoms with Crippen molar-refractivity contribution in [3.63, 3.8) is 0 Å². The summed E-state index contributed by atoms with van der Waals surface area (Å²) >= 11 is 0. The number of carboxylic acid groups (broad SMARTS) is 1. The average molecular weight is 369 g/mol. The second-order valence-electron chi connectivity index (χ2n) is 6.42. The first kappa shape index (κ1) is 18.6. The second-order valence-corrected chi connectivity index (χ2v) is 6.42. The van der Waals surface area contributed by atoms with Gasteiger partial charge in [-0.05, 0) is 26.0 Å². The summed E-state index contributed by atoms with van der Waals surface area (Å²) in [5.74, 6) is -0.167. The van der Waals surface area contributed by atoms with Crippen molar-refractivity contribution in [1.29, 1.82) is 0 Å². The molecule has 3 rings (SSSR count). The van der Waals surface area contributed by atoms with E-state index in [1.54, 1.807) is 13.8 Å². The van der Waals surface area contributed by atoms with Crippen LogP contribution in [0.3, 0.4) is 0 Å². The van der Waals surface area contributed by atoms with Crippen LogP contribution in [0.15, 0.2) is 24.3 Å². The van der Waals surface area contributed by atoms with E-state index in [0.29, 0.717) is 23.6 Å². The molecule has 0 radical (unpaired) electrons. The summed E-state index contributed by atoms with van der Waals surface area (Å²) in [7, 11) is 0. The molecule has 2 heterocycles. The molecule has 0 aliphatic rings. The van der Waals surface area contributed by atoms with Crippen LogP contribution >= 0.6 is 0 Å². The number of benzene rings is 1. The highest BCUT2D eigenvalue weighted by atomic mass is 16.4. The number of hydrogen-bond donors (Lipinski definition) is 2. The molecule has 27 heavy (non-hydrogen) atoms. The Labute approximate surface area is 156 Å². The van der Waals surface area contributed by atoms with Crippen molar-refractivity contribution in [3.8, 4) is 0 Å². The fourth-order valence-electron chi connectivity index (χ4n) is 3.22. The van der Waals surface area contributed by atoms with E-state index in [1.807, 2.05) is 31.2 Å². The number of aliphatic carboxylic acids is 1. The molecule has 1 aromatic carbocycles. The molecule has 2 aromatic heterocycles. The Kier molecular flexibility index (Phi) is 5.25. The Morgan fingerprint density at radius 3 is 2.67 bits per heavy atom. The highest BCUT2D eigenvalue weighted by Crippen LogP contribution is 2.20. The van der Waals surface area contributed by atoms with Crippen molar-refractivity contribution >= 4 is 28.6 Å². The molecule has 8 nitrogen and oxygen atoms in total. The molecule has 0 saturated heterocycles. The minimum Gasteiger partial charge on any atom is -0.480 e.